The highest BCUT2D eigenvalue weighted by atomic mass is 15.1. The number of rotatable bonds is 3. The van der Waals surface area contributed by atoms with Gasteiger partial charge < -0.3 is 5.32 Å². The number of hydrogen-bond donors (Lipinski definition) is 1. The average Bonchev–Trinajstić information content (AvgIpc) is 2.69. The van der Waals surface area contributed by atoms with Crippen LogP contribution >= 0.6 is 0 Å². The molecule has 1 N–H and O–H groups in total. The second-order valence-corrected chi connectivity index (χ2v) is 3.16. The van der Waals surface area contributed by atoms with E-state index in [-0.39, 0.29) is 0 Å². The number of nitrogens with zero attached hydrogens (tertiary/aromatic N) is 1. The van der Waals surface area contributed by atoms with Gasteiger partial charge in [-0.15, -0.1) is 0 Å². The zero-order chi connectivity index (χ0) is 8.93. The van der Waals surface area contributed by atoms with Crippen molar-refractivity contribution in [2.75, 3.05) is 13.1 Å². The van der Waals surface area contributed by atoms with Crippen LogP contribution in [-0.4, -0.2) is 18.9 Å². The largest absolute Gasteiger partial charge is 0.372 e. The summed E-state index contributed by atoms with van der Waals surface area (Å²) in [5.74, 6) is 1.16. The van der Waals surface area contributed by atoms with Crippen molar-refractivity contribution in [1.29, 1.82) is 0 Å². The molecule has 0 unspecified atom stereocenters. The lowest BCUT2D eigenvalue weighted by Crippen LogP contribution is -2.18. The molecule has 13 heavy (non-hydrogen) atoms. The molecule has 0 aromatic heterocycles. The predicted molar refractivity (Wildman–Crippen MR) is 53.9 cm³/mol. The van der Waals surface area contributed by atoms with Crippen LogP contribution in [0.15, 0.2) is 29.3 Å². The van der Waals surface area contributed by atoms with Crippen LogP contribution in [0.5, 0.6) is 0 Å². The number of aryl methyl sites for hydroxylation is 1. The zero-order valence-corrected chi connectivity index (χ0v) is 7.59. The molecule has 0 saturated heterocycles. The molecule has 0 amide bonds. The van der Waals surface area contributed by atoms with E-state index in [9.17, 15) is 0 Å². The lowest BCUT2D eigenvalue weighted by Gasteiger charge is -2.01. The van der Waals surface area contributed by atoms with Gasteiger partial charge in [-0.1, -0.05) is 24.3 Å². The molecule has 0 bridgehead atoms. The van der Waals surface area contributed by atoms with Crippen molar-refractivity contribution in [3.63, 3.8) is 0 Å². The molecule has 1 aliphatic rings. The molecule has 0 atom stereocenters. The van der Waals surface area contributed by atoms with Crippen molar-refractivity contribution >= 4 is 5.84 Å². The van der Waals surface area contributed by atoms with Crippen LogP contribution in [0.1, 0.15) is 12.0 Å². The second kappa shape index (κ2) is 4.08. The number of aliphatic imine (C=N–C) groups is 1. The van der Waals surface area contributed by atoms with Gasteiger partial charge in [0.25, 0.3) is 0 Å². The first kappa shape index (κ1) is 8.30. The Morgan fingerprint density at radius 1 is 1.31 bits per heavy atom. The fourth-order valence-corrected chi connectivity index (χ4v) is 1.47. The van der Waals surface area contributed by atoms with E-state index in [1.54, 1.807) is 0 Å². The van der Waals surface area contributed by atoms with Gasteiger partial charge in [0.2, 0.25) is 0 Å². The number of nitrogens with one attached hydrogen (secondary N) is 1. The van der Waals surface area contributed by atoms with Crippen LogP contribution in [0, 0.1) is 6.07 Å². The van der Waals surface area contributed by atoms with E-state index in [2.05, 4.69) is 28.5 Å². The summed E-state index contributed by atoms with van der Waals surface area (Å²) in [5.41, 5.74) is 1.36. The van der Waals surface area contributed by atoms with Crippen molar-refractivity contribution < 1.29 is 0 Å². The summed E-state index contributed by atoms with van der Waals surface area (Å²) >= 11 is 0. The lowest BCUT2D eigenvalue weighted by atomic mass is 10.1. The summed E-state index contributed by atoms with van der Waals surface area (Å²) in [6.45, 7) is 1.95. The Balaban J connectivity index is 1.86. The Morgan fingerprint density at radius 2 is 2.15 bits per heavy atom. The molecule has 0 fully saturated rings. The van der Waals surface area contributed by atoms with Crippen molar-refractivity contribution in [1.82, 2.24) is 5.32 Å². The molecule has 2 heteroatoms. The predicted octanol–water partition coefficient (Wildman–Crippen LogP) is 1.42. The topological polar surface area (TPSA) is 24.4 Å². The van der Waals surface area contributed by atoms with E-state index < -0.39 is 0 Å². The van der Waals surface area contributed by atoms with Gasteiger partial charge in [-0.05, 0) is 18.1 Å². The van der Waals surface area contributed by atoms with Crippen LogP contribution in [0.2, 0.25) is 0 Å². The maximum atomic E-state index is 4.35. The monoisotopic (exact) mass is 173 g/mol. The van der Waals surface area contributed by atoms with Crippen LogP contribution in [0.25, 0.3) is 0 Å². The number of benzene rings is 1. The lowest BCUT2D eigenvalue weighted by molar-refractivity contribution is 0.934. The Bertz CT molecular complexity index is 290. The summed E-state index contributed by atoms with van der Waals surface area (Å²) < 4.78 is 0. The summed E-state index contributed by atoms with van der Waals surface area (Å²) in [5, 5.41) is 3.27. The molecule has 1 aromatic rings. The summed E-state index contributed by atoms with van der Waals surface area (Å²) in [6.07, 6.45) is 2.10. The molecule has 0 aliphatic carbocycles. The molecule has 67 valence electrons. The van der Waals surface area contributed by atoms with Crippen molar-refractivity contribution in [3.05, 3.63) is 35.9 Å². The van der Waals surface area contributed by atoms with Gasteiger partial charge in [-0.3, -0.25) is 4.99 Å². The molecular weight excluding hydrogens is 160 g/mol. The van der Waals surface area contributed by atoms with E-state index in [1.807, 2.05) is 12.1 Å². The van der Waals surface area contributed by atoms with E-state index in [0.717, 1.165) is 31.8 Å². The Kier molecular flexibility index (Phi) is 2.60. The van der Waals surface area contributed by atoms with Crippen LogP contribution < -0.4 is 5.32 Å². The minimum atomic E-state index is 0.942. The fourth-order valence-electron chi connectivity index (χ4n) is 1.47. The summed E-state index contributed by atoms with van der Waals surface area (Å²) in [6, 6.07) is 11.1. The highest BCUT2D eigenvalue weighted by molar-refractivity contribution is 5.83. The molecule has 2 rings (SSSR count). The van der Waals surface area contributed by atoms with E-state index in [4.69, 9.17) is 0 Å². The molecule has 0 saturated carbocycles. The molecular formula is C11H13N2. The number of hydrogen-bond acceptors (Lipinski definition) is 2. The van der Waals surface area contributed by atoms with E-state index in [0.29, 0.717) is 0 Å². The molecule has 0 spiro atoms. The standard InChI is InChI=1S/C11H13N2/c1-2-4-10(5-3-1)6-7-11-12-8-9-13-11/h2-5H,6-9H2,(H,12,13). The van der Waals surface area contributed by atoms with Gasteiger partial charge in [0, 0.05) is 13.0 Å². The van der Waals surface area contributed by atoms with Crippen molar-refractivity contribution in [3.8, 4) is 0 Å². The first-order valence-corrected chi connectivity index (χ1v) is 4.67. The molecule has 1 aromatic carbocycles. The molecule has 2 nitrogen and oxygen atoms in total. The smallest absolute Gasteiger partial charge is 0.0967 e. The normalized spacial score (nSPS) is 15.2. The fraction of sp³-hybridized carbons (Fsp3) is 0.364. The maximum absolute atomic E-state index is 4.35. The third kappa shape index (κ3) is 2.31. The Labute approximate surface area is 78.7 Å². The quantitative estimate of drug-likeness (QED) is 0.734. The van der Waals surface area contributed by atoms with E-state index >= 15 is 0 Å². The van der Waals surface area contributed by atoms with Crippen LogP contribution in [-0.2, 0) is 6.42 Å². The van der Waals surface area contributed by atoms with E-state index in [1.165, 1.54) is 5.56 Å². The van der Waals surface area contributed by atoms with Gasteiger partial charge in [0.1, 0.15) is 0 Å². The van der Waals surface area contributed by atoms with Gasteiger partial charge in [0.15, 0.2) is 0 Å². The Hall–Kier alpha value is -1.31. The number of amidine groups is 1. The van der Waals surface area contributed by atoms with Crippen LogP contribution in [0.4, 0.5) is 0 Å². The van der Waals surface area contributed by atoms with Crippen LogP contribution in [0.3, 0.4) is 0 Å². The third-order valence-electron chi connectivity index (χ3n) is 2.18. The highest BCUT2D eigenvalue weighted by Crippen LogP contribution is 2.03. The van der Waals surface area contributed by atoms with Crippen molar-refractivity contribution in [2.24, 2.45) is 4.99 Å². The first-order valence-electron chi connectivity index (χ1n) is 4.67. The molecule has 1 heterocycles. The summed E-state index contributed by atoms with van der Waals surface area (Å²) in [4.78, 5) is 4.35. The zero-order valence-electron chi connectivity index (χ0n) is 7.59. The van der Waals surface area contributed by atoms with Gasteiger partial charge in [0.05, 0.1) is 12.4 Å². The van der Waals surface area contributed by atoms with Gasteiger partial charge in [-0.2, -0.15) is 0 Å². The minimum Gasteiger partial charge on any atom is -0.372 e. The summed E-state index contributed by atoms with van der Waals surface area (Å²) in [7, 11) is 0. The van der Waals surface area contributed by atoms with Crippen molar-refractivity contribution in [2.45, 2.75) is 12.8 Å². The third-order valence-corrected chi connectivity index (χ3v) is 2.18. The molecule has 1 aliphatic heterocycles. The SMILES string of the molecule is [c]1ccc(CCC2=NCCN2)cc1. The minimum absolute atomic E-state index is 0.942. The second-order valence-electron chi connectivity index (χ2n) is 3.16. The first-order chi connectivity index (χ1) is 6.45. The Morgan fingerprint density at radius 3 is 2.85 bits per heavy atom. The average molecular weight is 173 g/mol. The highest BCUT2D eigenvalue weighted by Gasteiger charge is 2.03. The van der Waals surface area contributed by atoms with Gasteiger partial charge >= 0.3 is 0 Å². The molecule has 1 radical (unpaired) electrons. The van der Waals surface area contributed by atoms with Gasteiger partial charge in [-0.25, -0.2) is 0 Å². The maximum Gasteiger partial charge on any atom is 0.0967 e.